The molecule has 0 aliphatic heterocycles. The second-order valence-electron chi connectivity index (χ2n) is 4.33. The quantitative estimate of drug-likeness (QED) is 0.841. The molecule has 0 aliphatic carbocycles. The number of aliphatic hydroxyl groups excluding tert-OH is 2. The van der Waals surface area contributed by atoms with Crippen LogP contribution in [-0.4, -0.2) is 27.9 Å². The SMILES string of the molecule is OCC(c1ccccc1)C(O)Cc1cccnc1. The highest BCUT2D eigenvalue weighted by Crippen LogP contribution is 2.21. The second-order valence-corrected chi connectivity index (χ2v) is 4.33. The molecule has 18 heavy (non-hydrogen) atoms. The third-order valence-electron chi connectivity index (χ3n) is 3.06. The summed E-state index contributed by atoms with van der Waals surface area (Å²) < 4.78 is 0. The molecule has 0 saturated carbocycles. The molecule has 2 N–H and O–H groups in total. The van der Waals surface area contributed by atoms with Crippen molar-refractivity contribution in [3.05, 3.63) is 66.0 Å². The van der Waals surface area contributed by atoms with E-state index in [4.69, 9.17) is 0 Å². The predicted octanol–water partition coefficient (Wildman–Crippen LogP) is 1.76. The molecule has 2 atom stereocenters. The Kier molecular flexibility index (Phi) is 4.45. The molecule has 1 aromatic heterocycles. The maximum atomic E-state index is 10.2. The molecular formula is C15H17NO2. The van der Waals surface area contributed by atoms with Crippen molar-refractivity contribution in [2.75, 3.05) is 6.61 Å². The Morgan fingerprint density at radius 2 is 1.83 bits per heavy atom. The fraction of sp³-hybridized carbons (Fsp3) is 0.267. The predicted molar refractivity (Wildman–Crippen MR) is 70.2 cm³/mol. The third-order valence-corrected chi connectivity index (χ3v) is 3.06. The molecule has 94 valence electrons. The van der Waals surface area contributed by atoms with E-state index in [0.717, 1.165) is 11.1 Å². The van der Waals surface area contributed by atoms with Crippen molar-refractivity contribution in [1.29, 1.82) is 0 Å². The van der Waals surface area contributed by atoms with Crippen LogP contribution in [0.2, 0.25) is 0 Å². The molecule has 0 saturated heterocycles. The summed E-state index contributed by atoms with van der Waals surface area (Å²) in [5.74, 6) is -0.258. The van der Waals surface area contributed by atoms with Crippen LogP contribution < -0.4 is 0 Å². The minimum atomic E-state index is -0.610. The first-order valence-electron chi connectivity index (χ1n) is 6.04. The highest BCUT2D eigenvalue weighted by Gasteiger charge is 2.20. The normalized spacial score (nSPS) is 14.1. The minimum absolute atomic E-state index is 0.0640. The van der Waals surface area contributed by atoms with Gasteiger partial charge in [0.25, 0.3) is 0 Å². The number of aliphatic hydroxyl groups is 2. The van der Waals surface area contributed by atoms with Crippen LogP contribution in [-0.2, 0) is 6.42 Å². The van der Waals surface area contributed by atoms with Crippen molar-refractivity contribution in [3.63, 3.8) is 0 Å². The standard InChI is InChI=1S/C15H17NO2/c17-11-14(13-6-2-1-3-7-13)15(18)9-12-5-4-8-16-10-12/h1-8,10,14-15,17-18H,9,11H2. The van der Waals surface area contributed by atoms with Crippen molar-refractivity contribution >= 4 is 0 Å². The van der Waals surface area contributed by atoms with Crippen LogP contribution in [0.4, 0.5) is 0 Å². The van der Waals surface area contributed by atoms with Gasteiger partial charge in [0.15, 0.2) is 0 Å². The molecule has 0 fully saturated rings. The van der Waals surface area contributed by atoms with Crippen molar-refractivity contribution in [3.8, 4) is 0 Å². The van der Waals surface area contributed by atoms with Crippen LogP contribution in [0.1, 0.15) is 17.0 Å². The Labute approximate surface area is 107 Å². The average molecular weight is 243 g/mol. The lowest BCUT2D eigenvalue weighted by Crippen LogP contribution is -2.24. The van der Waals surface area contributed by atoms with E-state index < -0.39 is 6.10 Å². The molecule has 1 heterocycles. The molecule has 0 amide bonds. The van der Waals surface area contributed by atoms with Crippen molar-refractivity contribution < 1.29 is 10.2 Å². The van der Waals surface area contributed by atoms with E-state index in [-0.39, 0.29) is 12.5 Å². The molecule has 1 aromatic carbocycles. The van der Waals surface area contributed by atoms with E-state index in [9.17, 15) is 10.2 Å². The summed E-state index contributed by atoms with van der Waals surface area (Å²) in [7, 11) is 0. The van der Waals surface area contributed by atoms with Gasteiger partial charge < -0.3 is 10.2 Å². The minimum Gasteiger partial charge on any atom is -0.396 e. The molecule has 0 aliphatic rings. The first kappa shape index (κ1) is 12.7. The zero-order valence-corrected chi connectivity index (χ0v) is 10.1. The summed E-state index contributed by atoms with van der Waals surface area (Å²) in [6, 6.07) is 13.4. The molecule has 3 nitrogen and oxygen atoms in total. The number of benzene rings is 1. The molecule has 3 heteroatoms. The van der Waals surface area contributed by atoms with Gasteiger partial charge in [-0.3, -0.25) is 4.98 Å². The molecule has 2 unspecified atom stereocenters. The number of aromatic nitrogens is 1. The van der Waals surface area contributed by atoms with E-state index in [1.54, 1.807) is 12.4 Å². The summed E-state index contributed by atoms with van der Waals surface area (Å²) in [4.78, 5) is 4.02. The Hall–Kier alpha value is -1.71. The van der Waals surface area contributed by atoms with Crippen LogP contribution in [0.25, 0.3) is 0 Å². The fourth-order valence-corrected chi connectivity index (χ4v) is 2.05. The number of rotatable bonds is 5. The maximum Gasteiger partial charge on any atom is 0.0671 e. The van der Waals surface area contributed by atoms with E-state index in [0.29, 0.717) is 6.42 Å². The zero-order chi connectivity index (χ0) is 12.8. The summed E-state index contributed by atoms with van der Waals surface area (Å²) in [5, 5.41) is 19.7. The smallest absolute Gasteiger partial charge is 0.0671 e. The lowest BCUT2D eigenvalue weighted by atomic mass is 9.91. The Morgan fingerprint density at radius 1 is 1.06 bits per heavy atom. The zero-order valence-electron chi connectivity index (χ0n) is 10.1. The van der Waals surface area contributed by atoms with E-state index in [2.05, 4.69) is 4.98 Å². The van der Waals surface area contributed by atoms with Gasteiger partial charge in [0.05, 0.1) is 12.7 Å². The topological polar surface area (TPSA) is 53.4 Å². The number of hydrogen-bond acceptors (Lipinski definition) is 3. The molecular weight excluding hydrogens is 226 g/mol. The lowest BCUT2D eigenvalue weighted by molar-refractivity contribution is 0.106. The lowest BCUT2D eigenvalue weighted by Gasteiger charge is -2.21. The number of nitrogens with zero attached hydrogens (tertiary/aromatic N) is 1. The van der Waals surface area contributed by atoms with Crippen molar-refractivity contribution in [1.82, 2.24) is 4.98 Å². The molecule has 2 rings (SSSR count). The van der Waals surface area contributed by atoms with Gasteiger partial charge in [-0.15, -0.1) is 0 Å². The van der Waals surface area contributed by atoms with Crippen LogP contribution >= 0.6 is 0 Å². The van der Waals surface area contributed by atoms with Crippen LogP contribution in [0.15, 0.2) is 54.9 Å². The Morgan fingerprint density at radius 3 is 2.44 bits per heavy atom. The molecule has 0 radical (unpaired) electrons. The first-order chi connectivity index (χ1) is 8.81. The van der Waals surface area contributed by atoms with Gasteiger partial charge in [0.2, 0.25) is 0 Å². The van der Waals surface area contributed by atoms with Gasteiger partial charge in [-0.05, 0) is 17.2 Å². The van der Waals surface area contributed by atoms with Gasteiger partial charge >= 0.3 is 0 Å². The molecule has 0 bridgehead atoms. The number of hydrogen-bond donors (Lipinski definition) is 2. The van der Waals surface area contributed by atoms with Gasteiger partial charge in [0.1, 0.15) is 0 Å². The van der Waals surface area contributed by atoms with E-state index >= 15 is 0 Å². The average Bonchev–Trinajstić information content (AvgIpc) is 2.42. The largest absolute Gasteiger partial charge is 0.396 e. The number of pyridine rings is 1. The van der Waals surface area contributed by atoms with E-state index in [1.165, 1.54) is 0 Å². The van der Waals surface area contributed by atoms with Crippen molar-refractivity contribution in [2.45, 2.75) is 18.4 Å². The molecule has 0 spiro atoms. The van der Waals surface area contributed by atoms with Gasteiger partial charge in [-0.2, -0.15) is 0 Å². The Balaban J connectivity index is 2.09. The van der Waals surface area contributed by atoms with Crippen LogP contribution in [0.5, 0.6) is 0 Å². The summed E-state index contributed by atoms with van der Waals surface area (Å²) in [6.45, 7) is -0.0640. The third kappa shape index (κ3) is 3.15. The van der Waals surface area contributed by atoms with Gasteiger partial charge in [0, 0.05) is 24.7 Å². The van der Waals surface area contributed by atoms with E-state index in [1.807, 2.05) is 42.5 Å². The van der Waals surface area contributed by atoms with Crippen LogP contribution in [0, 0.1) is 0 Å². The molecule has 2 aromatic rings. The Bertz CT molecular complexity index is 458. The maximum absolute atomic E-state index is 10.2. The highest BCUT2D eigenvalue weighted by atomic mass is 16.3. The monoisotopic (exact) mass is 243 g/mol. The van der Waals surface area contributed by atoms with Gasteiger partial charge in [-0.1, -0.05) is 36.4 Å². The van der Waals surface area contributed by atoms with Gasteiger partial charge in [-0.25, -0.2) is 0 Å². The van der Waals surface area contributed by atoms with Crippen molar-refractivity contribution in [2.24, 2.45) is 0 Å². The highest BCUT2D eigenvalue weighted by molar-refractivity contribution is 5.22. The summed E-state index contributed by atoms with van der Waals surface area (Å²) in [5.41, 5.74) is 1.93. The summed E-state index contributed by atoms with van der Waals surface area (Å²) in [6.07, 6.45) is 3.33. The van der Waals surface area contributed by atoms with Crippen LogP contribution in [0.3, 0.4) is 0 Å². The first-order valence-corrected chi connectivity index (χ1v) is 6.04. The fourth-order valence-electron chi connectivity index (χ4n) is 2.05. The summed E-state index contributed by atoms with van der Waals surface area (Å²) >= 11 is 0. The second kappa shape index (κ2) is 6.28.